The number of hydrogen-bond donors (Lipinski definition) is 1. The van der Waals surface area contributed by atoms with E-state index in [2.05, 4.69) is 0 Å². The second-order valence-electron chi connectivity index (χ2n) is 3.92. The number of methoxy groups -OCH3 is 1. The molecule has 0 bridgehead atoms. The van der Waals surface area contributed by atoms with E-state index in [-0.39, 0.29) is 12.4 Å². The zero-order valence-corrected chi connectivity index (χ0v) is 8.67. The summed E-state index contributed by atoms with van der Waals surface area (Å²) in [6, 6.07) is 4.47. The van der Waals surface area contributed by atoms with Crippen molar-refractivity contribution in [1.29, 1.82) is 0 Å². The van der Waals surface area contributed by atoms with Gasteiger partial charge in [-0.2, -0.15) is 0 Å². The van der Waals surface area contributed by atoms with Gasteiger partial charge < -0.3 is 9.84 Å². The first-order chi connectivity index (χ1) is 6.49. The summed E-state index contributed by atoms with van der Waals surface area (Å²) in [7, 11) is 1.49. The van der Waals surface area contributed by atoms with Crippen LogP contribution in [0.5, 0.6) is 5.75 Å². The molecule has 1 N–H and O–H groups in total. The van der Waals surface area contributed by atoms with Crippen LogP contribution in [0.3, 0.4) is 0 Å². The van der Waals surface area contributed by atoms with Crippen molar-refractivity contribution in [3.05, 3.63) is 29.6 Å². The highest BCUT2D eigenvalue weighted by molar-refractivity contribution is 5.34. The molecule has 0 fully saturated rings. The van der Waals surface area contributed by atoms with Crippen LogP contribution in [0, 0.1) is 5.82 Å². The van der Waals surface area contributed by atoms with Crippen LogP contribution >= 0.6 is 0 Å². The fraction of sp³-hybridized carbons (Fsp3) is 0.455. The van der Waals surface area contributed by atoms with Gasteiger partial charge in [-0.25, -0.2) is 4.39 Å². The molecule has 2 nitrogen and oxygen atoms in total. The normalized spacial score (nSPS) is 11.5. The Balaban J connectivity index is 3.15. The fourth-order valence-corrected chi connectivity index (χ4v) is 1.16. The van der Waals surface area contributed by atoms with Crippen LogP contribution in [0.2, 0.25) is 0 Å². The van der Waals surface area contributed by atoms with Crippen molar-refractivity contribution in [3.63, 3.8) is 0 Å². The topological polar surface area (TPSA) is 29.5 Å². The quantitative estimate of drug-likeness (QED) is 0.806. The Bertz CT molecular complexity index is 321. The maximum absolute atomic E-state index is 13.1. The van der Waals surface area contributed by atoms with Gasteiger partial charge in [0.15, 0.2) is 0 Å². The van der Waals surface area contributed by atoms with E-state index in [1.807, 2.05) is 13.8 Å². The van der Waals surface area contributed by atoms with Gasteiger partial charge >= 0.3 is 0 Å². The maximum atomic E-state index is 13.1. The van der Waals surface area contributed by atoms with Crippen LogP contribution in [0.15, 0.2) is 18.2 Å². The van der Waals surface area contributed by atoms with Gasteiger partial charge in [-0.1, -0.05) is 13.8 Å². The van der Waals surface area contributed by atoms with E-state index in [0.717, 1.165) is 5.56 Å². The zero-order chi connectivity index (χ0) is 10.8. The maximum Gasteiger partial charge on any atom is 0.127 e. The third-order valence-corrected chi connectivity index (χ3v) is 2.28. The molecule has 0 saturated heterocycles. The first-order valence-electron chi connectivity index (χ1n) is 4.45. The van der Waals surface area contributed by atoms with Crippen LogP contribution in [-0.4, -0.2) is 18.8 Å². The number of hydrogen-bond acceptors (Lipinski definition) is 2. The van der Waals surface area contributed by atoms with Crippen molar-refractivity contribution in [2.24, 2.45) is 0 Å². The summed E-state index contributed by atoms with van der Waals surface area (Å²) in [4.78, 5) is 0. The minimum atomic E-state index is -0.449. The van der Waals surface area contributed by atoms with Gasteiger partial charge in [-0.3, -0.25) is 0 Å². The summed E-state index contributed by atoms with van der Waals surface area (Å²) >= 11 is 0. The third kappa shape index (κ3) is 2.23. The number of aliphatic hydroxyl groups excluding tert-OH is 1. The molecular weight excluding hydrogens is 183 g/mol. The van der Waals surface area contributed by atoms with Crippen LogP contribution in [0.25, 0.3) is 0 Å². The summed E-state index contributed by atoms with van der Waals surface area (Å²) in [6.07, 6.45) is 0. The molecule has 0 amide bonds. The number of benzene rings is 1. The Kier molecular flexibility index (Phi) is 3.11. The molecule has 0 aliphatic rings. The summed E-state index contributed by atoms with van der Waals surface area (Å²) in [5.41, 5.74) is 0.284. The van der Waals surface area contributed by atoms with Crippen LogP contribution in [0.4, 0.5) is 4.39 Å². The van der Waals surface area contributed by atoms with Crippen molar-refractivity contribution in [2.45, 2.75) is 19.3 Å². The van der Waals surface area contributed by atoms with Crippen molar-refractivity contribution >= 4 is 0 Å². The molecule has 0 spiro atoms. The molecule has 0 saturated carbocycles. The highest BCUT2D eigenvalue weighted by atomic mass is 19.1. The Hall–Kier alpha value is -1.09. The molecule has 0 aliphatic carbocycles. The van der Waals surface area contributed by atoms with E-state index in [9.17, 15) is 4.39 Å². The highest BCUT2D eigenvalue weighted by Gasteiger charge is 2.20. The Morgan fingerprint density at radius 3 is 2.50 bits per heavy atom. The lowest BCUT2D eigenvalue weighted by Gasteiger charge is -2.22. The fourth-order valence-electron chi connectivity index (χ4n) is 1.16. The van der Waals surface area contributed by atoms with Gasteiger partial charge in [-0.05, 0) is 17.7 Å². The summed E-state index contributed by atoms with van der Waals surface area (Å²) in [6.45, 7) is 3.67. The summed E-state index contributed by atoms with van der Waals surface area (Å²) in [5.74, 6) is 0.127. The molecule has 0 atom stereocenters. The molecule has 78 valence electrons. The molecule has 1 aromatic rings. The first kappa shape index (κ1) is 11.0. The first-order valence-corrected chi connectivity index (χ1v) is 4.45. The lowest BCUT2D eigenvalue weighted by atomic mass is 9.85. The minimum absolute atomic E-state index is 0.0282. The van der Waals surface area contributed by atoms with Gasteiger partial charge in [0.05, 0.1) is 13.7 Å². The number of aliphatic hydroxyl groups is 1. The molecular formula is C11H15FO2. The van der Waals surface area contributed by atoms with Crippen molar-refractivity contribution in [3.8, 4) is 5.75 Å². The predicted octanol–water partition coefficient (Wildman–Crippen LogP) is 2.10. The molecule has 1 rings (SSSR count). The highest BCUT2D eigenvalue weighted by Crippen LogP contribution is 2.27. The largest absolute Gasteiger partial charge is 0.497 e. The van der Waals surface area contributed by atoms with Crippen LogP contribution in [0.1, 0.15) is 19.4 Å². The molecule has 0 unspecified atom stereocenters. The smallest absolute Gasteiger partial charge is 0.127 e. The van der Waals surface area contributed by atoms with Gasteiger partial charge in [0, 0.05) is 11.5 Å². The second kappa shape index (κ2) is 3.96. The lowest BCUT2D eigenvalue weighted by Crippen LogP contribution is -2.22. The monoisotopic (exact) mass is 198 g/mol. The number of ether oxygens (including phenoxy) is 1. The van der Waals surface area contributed by atoms with E-state index in [1.165, 1.54) is 19.2 Å². The molecule has 3 heteroatoms. The van der Waals surface area contributed by atoms with Gasteiger partial charge in [0.25, 0.3) is 0 Å². The van der Waals surface area contributed by atoms with Gasteiger partial charge in [0.1, 0.15) is 11.6 Å². The SMILES string of the molecule is COc1cc(F)cc(C(C)(C)CO)c1. The van der Waals surface area contributed by atoms with E-state index in [0.29, 0.717) is 5.75 Å². The second-order valence-corrected chi connectivity index (χ2v) is 3.92. The van der Waals surface area contributed by atoms with Crippen molar-refractivity contribution in [1.82, 2.24) is 0 Å². The number of halogens is 1. The Morgan fingerprint density at radius 2 is 2.00 bits per heavy atom. The van der Waals surface area contributed by atoms with Crippen molar-refractivity contribution in [2.75, 3.05) is 13.7 Å². The molecule has 0 radical (unpaired) electrons. The lowest BCUT2D eigenvalue weighted by molar-refractivity contribution is 0.218. The molecule has 0 aliphatic heterocycles. The van der Waals surface area contributed by atoms with Crippen LogP contribution < -0.4 is 4.74 Å². The zero-order valence-electron chi connectivity index (χ0n) is 8.67. The third-order valence-electron chi connectivity index (χ3n) is 2.28. The van der Waals surface area contributed by atoms with Crippen LogP contribution in [-0.2, 0) is 5.41 Å². The van der Waals surface area contributed by atoms with Gasteiger partial charge in [0.2, 0.25) is 0 Å². The van der Waals surface area contributed by atoms with E-state index >= 15 is 0 Å². The molecule has 1 aromatic carbocycles. The van der Waals surface area contributed by atoms with E-state index in [1.54, 1.807) is 6.07 Å². The predicted molar refractivity (Wildman–Crippen MR) is 53.1 cm³/mol. The molecule has 14 heavy (non-hydrogen) atoms. The van der Waals surface area contributed by atoms with E-state index in [4.69, 9.17) is 9.84 Å². The average Bonchev–Trinajstić information content (AvgIpc) is 2.16. The van der Waals surface area contributed by atoms with Crippen molar-refractivity contribution < 1.29 is 14.2 Å². The Morgan fingerprint density at radius 1 is 1.36 bits per heavy atom. The minimum Gasteiger partial charge on any atom is -0.497 e. The summed E-state index contributed by atoms with van der Waals surface area (Å²) < 4.78 is 18.1. The molecule has 0 aromatic heterocycles. The standard InChI is InChI=1S/C11H15FO2/c1-11(2,7-13)8-4-9(12)6-10(5-8)14-3/h4-6,13H,7H2,1-3H3. The van der Waals surface area contributed by atoms with Gasteiger partial charge in [-0.15, -0.1) is 0 Å². The average molecular weight is 198 g/mol. The Labute approximate surface area is 83.3 Å². The molecule has 0 heterocycles. The summed E-state index contributed by atoms with van der Waals surface area (Å²) in [5, 5.41) is 9.14. The number of rotatable bonds is 3. The van der Waals surface area contributed by atoms with E-state index < -0.39 is 5.41 Å².